The van der Waals surface area contributed by atoms with Crippen LogP contribution >= 0.6 is 11.6 Å². The normalized spacial score (nSPS) is 11.2. The van der Waals surface area contributed by atoms with Gasteiger partial charge >= 0.3 is 0 Å². The summed E-state index contributed by atoms with van der Waals surface area (Å²) < 4.78 is 1.80. The van der Waals surface area contributed by atoms with Gasteiger partial charge in [-0.05, 0) is 42.8 Å². The van der Waals surface area contributed by atoms with E-state index < -0.39 is 0 Å². The number of nitrogens with one attached hydrogen (secondary N) is 1. The number of halogens is 1. The summed E-state index contributed by atoms with van der Waals surface area (Å²) in [6.07, 6.45) is 4.76. The van der Waals surface area contributed by atoms with Crippen LogP contribution in [0.3, 0.4) is 0 Å². The SMILES string of the molecule is Cc1nn(-c2ccccc2)c2ncc(NC(=O)/C=C/c3ccccc3Cl)cc12. The number of aromatic nitrogens is 3. The highest BCUT2D eigenvalue weighted by Crippen LogP contribution is 2.23. The van der Waals surface area contributed by atoms with Gasteiger partial charge in [0, 0.05) is 16.5 Å². The molecule has 0 aliphatic heterocycles. The molecule has 0 radical (unpaired) electrons. The van der Waals surface area contributed by atoms with Crippen molar-refractivity contribution in [2.45, 2.75) is 6.92 Å². The predicted molar refractivity (Wildman–Crippen MR) is 113 cm³/mol. The van der Waals surface area contributed by atoms with Gasteiger partial charge in [0.25, 0.3) is 0 Å². The van der Waals surface area contributed by atoms with E-state index in [0.29, 0.717) is 10.7 Å². The highest BCUT2D eigenvalue weighted by atomic mass is 35.5. The van der Waals surface area contributed by atoms with Crippen molar-refractivity contribution in [1.82, 2.24) is 14.8 Å². The van der Waals surface area contributed by atoms with E-state index in [2.05, 4.69) is 15.4 Å². The third kappa shape index (κ3) is 3.66. The summed E-state index contributed by atoms with van der Waals surface area (Å²) in [5.74, 6) is -0.255. The average molecular weight is 389 g/mol. The number of hydrogen-bond acceptors (Lipinski definition) is 3. The van der Waals surface area contributed by atoms with Crippen LogP contribution in [0.5, 0.6) is 0 Å². The Morgan fingerprint density at radius 3 is 2.64 bits per heavy atom. The Kier molecular flexibility index (Phi) is 4.91. The van der Waals surface area contributed by atoms with E-state index in [9.17, 15) is 4.79 Å². The summed E-state index contributed by atoms with van der Waals surface area (Å²) in [5.41, 5.74) is 3.92. The number of pyridine rings is 1. The maximum atomic E-state index is 12.3. The number of para-hydroxylation sites is 1. The Morgan fingerprint density at radius 1 is 1.11 bits per heavy atom. The zero-order valence-corrected chi connectivity index (χ0v) is 15.9. The lowest BCUT2D eigenvalue weighted by molar-refractivity contribution is -0.111. The first-order valence-corrected chi connectivity index (χ1v) is 9.14. The molecule has 2 heterocycles. The molecule has 0 bridgehead atoms. The Balaban J connectivity index is 1.58. The van der Waals surface area contributed by atoms with Crippen LogP contribution in [0.2, 0.25) is 5.02 Å². The van der Waals surface area contributed by atoms with Gasteiger partial charge in [-0.25, -0.2) is 9.67 Å². The molecule has 28 heavy (non-hydrogen) atoms. The number of rotatable bonds is 4. The van der Waals surface area contributed by atoms with Crippen LogP contribution in [0.25, 0.3) is 22.8 Å². The molecular weight excluding hydrogens is 372 g/mol. The lowest BCUT2D eigenvalue weighted by atomic mass is 10.2. The first-order chi connectivity index (χ1) is 13.6. The van der Waals surface area contributed by atoms with E-state index in [-0.39, 0.29) is 5.91 Å². The molecule has 0 spiro atoms. The third-order valence-electron chi connectivity index (χ3n) is 4.29. The molecule has 0 aliphatic carbocycles. The van der Waals surface area contributed by atoms with Crippen LogP contribution < -0.4 is 5.32 Å². The zero-order valence-electron chi connectivity index (χ0n) is 15.1. The fraction of sp³-hybridized carbons (Fsp3) is 0.0455. The highest BCUT2D eigenvalue weighted by Gasteiger charge is 2.11. The maximum absolute atomic E-state index is 12.3. The molecule has 0 saturated carbocycles. The van der Waals surface area contributed by atoms with Crippen molar-refractivity contribution in [3.63, 3.8) is 0 Å². The van der Waals surface area contributed by atoms with Crippen molar-refractivity contribution in [3.05, 3.63) is 89.2 Å². The minimum atomic E-state index is -0.255. The van der Waals surface area contributed by atoms with E-state index in [0.717, 1.165) is 28.0 Å². The minimum Gasteiger partial charge on any atom is -0.321 e. The Labute approximate surface area is 167 Å². The quantitative estimate of drug-likeness (QED) is 0.498. The standard InChI is InChI=1S/C22H17ClN4O/c1-15-19-13-17(25-21(28)12-11-16-7-5-6-10-20(16)23)14-24-22(19)27(26-15)18-8-3-2-4-9-18/h2-14H,1H3,(H,25,28)/b12-11+. The van der Waals surface area contributed by atoms with Crippen molar-refractivity contribution in [2.24, 2.45) is 0 Å². The van der Waals surface area contributed by atoms with Crippen molar-refractivity contribution in [2.75, 3.05) is 5.32 Å². The van der Waals surface area contributed by atoms with Crippen molar-refractivity contribution in [1.29, 1.82) is 0 Å². The first-order valence-electron chi connectivity index (χ1n) is 8.76. The number of amides is 1. The lowest BCUT2D eigenvalue weighted by Crippen LogP contribution is -2.08. The topological polar surface area (TPSA) is 59.8 Å². The average Bonchev–Trinajstić information content (AvgIpc) is 3.04. The molecule has 1 N–H and O–H groups in total. The molecule has 138 valence electrons. The molecule has 1 amide bonds. The summed E-state index contributed by atoms with van der Waals surface area (Å²) in [5, 5.41) is 8.89. The number of aryl methyl sites for hydroxylation is 1. The minimum absolute atomic E-state index is 0.255. The molecule has 0 aliphatic rings. The second kappa shape index (κ2) is 7.66. The van der Waals surface area contributed by atoms with E-state index >= 15 is 0 Å². The molecule has 0 unspecified atom stereocenters. The molecule has 0 fully saturated rings. The van der Waals surface area contributed by atoms with Crippen LogP contribution in [0, 0.1) is 6.92 Å². The van der Waals surface area contributed by atoms with Gasteiger partial charge in [-0.2, -0.15) is 5.10 Å². The second-order valence-electron chi connectivity index (χ2n) is 6.27. The Morgan fingerprint density at radius 2 is 1.86 bits per heavy atom. The van der Waals surface area contributed by atoms with Gasteiger partial charge in [0.2, 0.25) is 5.91 Å². The molecule has 2 aromatic heterocycles. The van der Waals surface area contributed by atoms with Gasteiger partial charge in [0.15, 0.2) is 5.65 Å². The lowest BCUT2D eigenvalue weighted by Gasteiger charge is -2.04. The monoisotopic (exact) mass is 388 g/mol. The van der Waals surface area contributed by atoms with E-state index in [1.807, 2.05) is 61.5 Å². The molecule has 0 atom stereocenters. The van der Waals surface area contributed by atoms with Crippen LogP contribution in [-0.2, 0) is 4.79 Å². The predicted octanol–water partition coefficient (Wildman–Crippen LogP) is 5.03. The number of fused-ring (bicyclic) bond motifs is 1. The van der Waals surface area contributed by atoms with Crippen molar-refractivity contribution in [3.8, 4) is 5.69 Å². The molecule has 4 aromatic rings. The van der Waals surface area contributed by atoms with Gasteiger partial charge in [-0.15, -0.1) is 0 Å². The summed E-state index contributed by atoms with van der Waals surface area (Å²) >= 11 is 6.10. The fourth-order valence-corrected chi connectivity index (χ4v) is 3.12. The van der Waals surface area contributed by atoms with Gasteiger partial charge in [-0.1, -0.05) is 48.0 Å². The Bertz CT molecular complexity index is 1180. The molecule has 2 aromatic carbocycles. The van der Waals surface area contributed by atoms with Gasteiger partial charge in [-0.3, -0.25) is 4.79 Å². The number of nitrogens with zero attached hydrogens (tertiary/aromatic N) is 3. The van der Waals surface area contributed by atoms with Crippen molar-refractivity contribution < 1.29 is 4.79 Å². The number of benzene rings is 2. The summed E-state index contributed by atoms with van der Waals surface area (Å²) in [6.45, 7) is 1.92. The maximum Gasteiger partial charge on any atom is 0.248 e. The summed E-state index contributed by atoms with van der Waals surface area (Å²) in [4.78, 5) is 16.8. The number of hydrogen-bond donors (Lipinski definition) is 1. The number of carbonyl (C=O) groups excluding carboxylic acids is 1. The van der Waals surface area contributed by atoms with Crippen LogP contribution in [0.1, 0.15) is 11.3 Å². The molecule has 5 nitrogen and oxygen atoms in total. The third-order valence-corrected chi connectivity index (χ3v) is 4.64. The molecule has 0 saturated heterocycles. The van der Waals surface area contributed by atoms with Crippen LogP contribution in [0.15, 0.2) is 72.9 Å². The first kappa shape index (κ1) is 17.9. The smallest absolute Gasteiger partial charge is 0.248 e. The van der Waals surface area contributed by atoms with Gasteiger partial charge in [0.1, 0.15) is 0 Å². The summed E-state index contributed by atoms with van der Waals surface area (Å²) in [7, 11) is 0. The van der Waals surface area contributed by atoms with E-state index in [1.54, 1.807) is 23.0 Å². The molecular formula is C22H17ClN4O. The van der Waals surface area contributed by atoms with Crippen molar-refractivity contribution >= 4 is 40.3 Å². The van der Waals surface area contributed by atoms with Gasteiger partial charge < -0.3 is 5.32 Å². The van der Waals surface area contributed by atoms with E-state index in [4.69, 9.17) is 11.6 Å². The molecule has 4 rings (SSSR count). The number of carbonyl (C=O) groups is 1. The van der Waals surface area contributed by atoms with Gasteiger partial charge in [0.05, 0.1) is 23.3 Å². The number of anilines is 1. The fourth-order valence-electron chi connectivity index (χ4n) is 2.92. The Hall–Kier alpha value is -3.44. The van der Waals surface area contributed by atoms with Crippen LogP contribution in [0.4, 0.5) is 5.69 Å². The highest BCUT2D eigenvalue weighted by molar-refractivity contribution is 6.32. The molecule has 6 heteroatoms. The van der Waals surface area contributed by atoms with Crippen LogP contribution in [-0.4, -0.2) is 20.7 Å². The second-order valence-corrected chi connectivity index (χ2v) is 6.68. The largest absolute Gasteiger partial charge is 0.321 e. The zero-order chi connectivity index (χ0) is 19.5. The van der Waals surface area contributed by atoms with E-state index in [1.165, 1.54) is 6.08 Å². The summed E-state index contributed by atoms with van der Waals surface area (Å²) in [6, 6.07) is 19.0.